The number of hydrogen-bond acceptors (Lipinski definition) is 7. The predicted octanol–water partition coefficient (Wildman–Crippen LogP) is 1.01. The molecule has 1 saturated heterocycles. The second-order valence-corrected chi connectivity index (χ2v) is 5.63. The summed E-state index contributed by atoms with van der Waals surface area (Å²) < 4.78 is 0. The minimum Gasteiger partial charge on any atom is -0.354 e. The molecule has 0 bridgehead atoms. The molecule has 1 aromatic heterocycles. The predicted molar refractivity (Wildman–Crippen MR) is 80.5 cm³/mol. The minimum absolute atomic E-state index is 0.607. The fourth-order valence-corrected chi connectivity index (χ4v) is 2.58. The average Bonchev–Trinajstić information content (AvgIpc) is 2.46. The van der Waals surface area contributed by atoms with Crippen LogP contribution in [0.2, 0.25) is 0 Å². The number of nitrogens with one attached hydrogen (secondary N) is 1. The number of nitrogen functional groups attached to an aromatic ring is 1. The first-order valence-electron chi connectivity index (χ1n) is 6.52. The molecule has 0 unspecified atom stereocenters. The Morgan fingerprint density at radius 1 is 1.26 bits per heavy atom. The standard InChI is InChI=1S/C12H22N6S/c1-9(2)17-4-6-18(7-5-17)11-8-10(16-13)14-12(15-11)19-3/h8-9H,4-7,13H2,1-3H3,(H,14,15,16). The van der Waals surface area contributed by atoms with Crippen molar-refractivity contribution in [3.63, 3.8) is 0 Å². The van der Waals surface area contributed by atoms with Gasteiger partial charge in [0.1, 0.15) is 11.6 Å². The summed E-state index contributed by atoms with van der Waals surface area (Å²) in [6.45, 7) is 8.61. The molecule has 1 aliphatic rings. The van der Waals surface area contributed by atoms with Gasteiger partial charge in [0.25, 0.3) is 0 Å². The van der Waals surface area contributed by atoms with Crippen LogP contribution in [-0.4, -0.2) is 53.3 Å². The minimum atomic E-state index is 0.607. The first-order valence-corrected chi connectivity index (χ1v) is 7.75. The van der Waals surface area contributed by atoms with Crippen molar-refractivity contribution in [2.24, 2.45) is 5.84 Å². The topological polar surface area (TPSA) is 70.3 Å². The van der Waals surface area contributed by atoms with Crippen LogP contribution in [0.3, 0.4) is 0 Å². The molecule has 3 N–H and O–H groups in total. The van der Waals surface area contributed by atoms with E-state index >= 15 is 0 Å². The van der Waals surface area contributed by atoms with Crippen LogP contribution in [0.5, 0.6) is 0 Å². The van der Waals surface area contributed by atoms with Gasteiger partial charge >= 0.3 is 0 Å². The van der Waals surface area contributed by atoms with Crippen LogP contribution in [0, 0.1) is 0 Å². The van der Waals surface area contributed by atoms with E-state index in [1.807, 2.05) is 12.3 Å². The maximum Gasteiger partial charge on any atom is 0.191 e. The smallest absolute Gasteiger partial charge is 0.191 e. The van der Waals surface area contributed by atoms with Crippen molar-refractivity contribution in [2.45, 2.75) is 25.0 Å². The van der Waals surface area contributed by atoms with E-state index in [-0.39, 0.29) is 0 Å². The third-order valence-corrected chi connectivity index (χ3v) is 3.94. The van der Waals surface area contributed by atoms with Crippen molar-refractivity contribution in [1.29, 1.82) is 0 Å². The molecular weight excluding hydrogens is 260 g/mol. The van der Waals surface area contributed by atoms with Gasteiger partial charge in [0.15, 0.2) is 5.16 Å². The summed E-state index contributed by atoms with van der Waals surface area (Å²) in [5, 5.41) is 0.747. The number of thioether (sulfide) groups is 1. The average molecular weight is 282 g/mol. The summed E-state index contributed by atoms with van der Waals surface area (Å²) in [7, 11) is 0. The highest BCUT2D eigenvalue weighted by atomic mass is 32.2. The van der Waals surface area contributed by atoms with Gasteiger partial charge in [-0.2, -0.15) is 0 Å². The van der Waals surface area contributed by atoms with Crippen molar-refractivity contribution in [3.05, 3.63) is 6.07 Å². The Morgan fingerprint density at radius 2 is 1.95 bits per heavy atom. The summed E-state index contributed by atoms with van der Waals surface area (Å²) in [5.74, 6) is 7.08. The van der Waals surface area contributed by atoms with E-state index in [2.05, 4.69) is 39.0 Å². The maximum absolute atomic E-state index is 5.46. The van der Waals surface area contributed by atoms with Crippen molar-refractivity contribution >= 4 is 23.4 Å². The van der Waals surface area contributed by atoms with Gasteiger partial charge in [-0.25, -0.2) is 15.8 Å². The van der Waals surface area contributed by atoms with Gasteiger partial charge in [-0.05, 0) is 20.1 Å². The normalized spacial score (nSPS) is 17.0. The number of hydrazine groups is 1. The molecule has 1 aromatic rings. The van der Waals surface area contributed by atoms with Gasteiger partial charge in [0.2, 0.25) is 0 Å². The Balaban J connectivity index is 2.10. The number of piperazine rings is 1. The molecule has 2 heterocycles. The second-order valence-electron chi connectivity index (χ2n) is 4.86. The lowest BCUT2D eigenvalue weighted by Gasteiger charge is -2.37. The first kappa shape index (κ1) is 14.4. The third kappa shape index (κ3) is 3.49. The number of aromatic nitrogens is 2. The van der Waals surface area contributed by atoms with E-state index in [0.717, 1.165) is 37.2 Å². The SMILES string of the molecule is CSc1nc(NN)cc(N2CCN(C(C)C)CC2)n1. The van der Waals surface area contributed by atoms with E-state index in [4.69, 9.17) is 5.84 Å². The molecule has 0 saturated carbocycles. The van der Waals surface area contributed by atoms with Gasteiger partial charge in [0.05, 0.1) is 0 Å². The zero-order chi connectivity index (χ0) is 13.8. The fourth-order valence-electron chi connectivity index (χ4n) is 2.21. The first-order chi connectivity index (χ1) is 9.13. The molecule has 7 heteroatoms. The lowest BCUT2D eigenvalue weighted by atomic mass is 10.2. The number of hydrogen-bond donors (Lipinski definition) is 2. The van der Waals surface area contributed by atoms with E-state index in [0.29, 0.717) is 11.9 Å². The van der Waals surface area contributed by atoms with Crippen LogP contribution >= 0.6 is 11.8 Å². The molecule has 1 aliphatic heterocycles. The third-order valence-electron chi connectivity index (χ3n) is 3.39. The Bertz CT molecular complexity index is 394. The fraction of sp³-hybridized carbons (Fsp3) is 0.667. The van der Waals surface area contributed by atoms with Crippen molar-refractivity contribution in [3.8, 4) is 0 Å². The lowest BCUT2D eigenvalue weighted by Crippen LogP contribution is -2.49. The zero-order valence-corrected chi connectivity index (χ0v) is 12.6. The van der Waals surface area contributed by atoms with E-state index in [1.165, 1.54) is 11.8 Å². The Morgan fingerprint density at radius 3 is 2.47 bits per heavy atom. The molecule has 1 fully saturated rings. The largest absolute Gasteiger partial charge is 0.354 e. The maximum atomic E-state index is 5.46. The highest BCUT2D eigenvalue weighted by Crippen LogP contribution is 2.21. The number of rotatable bonds is 4. The van der Waals surface area contributed by atoms with Gasteiger partial charge in [-0.3, -0.25) is 4.90 Å². The van der Waals surface area contributed by atoms with Crippen LogP contribution in [0.15, 0.2) is 11.2 Å². The van der Waals surface area contributed by atoms with Crippen LogP contribution in [0.25, 0.3) is 0 Å². The van der Waals surface area contributed by atoms with E-state index < -0.39 is 0 Å². The Kier molecular flexibility index (Phi) is 4.84. The molecule has 0 atom stereocenters. The summed E-state index contributed by atoms with van der Waals surface area (Å²) in [6.07, 6.45) is 1.97. The molecule has 0 spiro atoms. The van der Waals surface area contributed by atoms with Crippen LogP contribution in [-0.2, 0) is 0 Å². The molecule has 0 radical (unpaired) electrons. The van der Waals surface area contributed by atoms with Gasteiger partial charge in [-0.1, -0.05) is 11.8 Å². The Hall–Kier alpha value is -1.05. The number of nitrogens with zero attached hydrogens (tertiary/aromatic N) is 4. The van der Waals surface area contributed by atoms with Gasteiger partial charge in [0, 0.05) is 38.3 Å². The summed E-state index contributed by atoms with van der Waals surface area (Å²) >= 11 is 1.53. The number of nitrogens with two attached hydrogens (primary N) is 1. The summed E-state index contributed by atoms with van der Waals surface area (Å²) in [4.78, 5) is 13.6. The van der Waals surface area contributed by atoms with Gasteiger partial charge in [-0.15, -0.1) is 0 Å². The molecule has 106 valence electrons. The molecule has 19 heavy (non-hydrogen) atoms. The number of anilines is 2. The molecule has 0 aliphatic carbocycles. The summed E-state index contributed by atoms with van der Waals surface area (Å²) in [5.41, 5.74) is 2.61. The van der Waals surface area contributed by atoms with E-state index in [9.17, 15) is 0 Å². The van der Waals surface area contributed by atoms with Crippen molar-refractivity contribution < 1.29 is 0 Å². The molecule has 0 amide bonds. The molecule has 2 rings (SSSR count). The molecular formula is C12H22N6S. The highest BCUT2D eigenvalue weighted by molar-refractivity contribution is 7.98. The quantitative estimate of drug-likeness (QED) is 0.370. The zero-order valence-electron chi connectivity index (χ0n) is 11.8. The van der Waals surface area contributed by atoms with Crippen molar-refractivity contribution in [2.75, 3.05) is 42.8 Å². The van der Waals surface area contributed by atoms with Crippen LogP contribution in [0.1, 0.15) is 13.8 Å². The summed E-state index contributed by atoms with van der Waals surface area (Å²) in [6, 6.07) is 2.51. The molecule has 0 aromatic carbocycles. The van der Waals surface area contributed by atoms with Crippen molar-refractivity contribution in [1.82, 2.24) is 14.9 Å². The monoisotopic (exact) mass is 282 g/mol. The highest BCUT2D eigenvalue weighted by Gasteiger charge is 2.20. The van der Waals surface area contributed by atoms with Crippen LogP contribution < -0.4 is 16.2 Å². The Labute approximate surface area is 118 Å². The van der Waals surface area contributed by atoms with E-state index in [1.54, 1.807) is 0 Å². The second kappa shape index (κ2) is 6.40. The molecule has 6 nitrogen and oxygen atoms in total. The lowest BCUT2D eigenvalue weighted by molar-refractivity contribution is 0.209. The van der Waals surface area contributed by atoms with Gasteiger partial charge < -0.3 is 10.3 Å². The van der Waals surface area contributed by atoms with Crippen LogP contribution in [0.4, 0.5) is 11.6 Å².